The normalized spacial score (nSPS) is 20.3. The van der Waals surface area contributed by atoms with Crippen LogP contribution in [0, 0.1) is 5.82 Å². The number of anilines is 1. The molecular formula is C11H15FN2O2S. The molecule has 0 amide bonds. The topological polar surface area (TPSA) is 63.4 Å². The summed E-state index contributed by atoms with van der Waals surface area (Å²) >= 11 is 0. The molecule has 1 saturated heterocycles. The number of nitrogens with two attached hydrogens (primary N) is 1. The second-order valence-corrected chi connectivity index (χ2v) is 6.59. The highest BCUT2D eigenvalue weighted by Crippen LogP contribution is 2.15. The van der Waals surface area contributed by atoms with Gasteiger partial charge in [0.2, 0.25) is 0 Å². The van der Waals surface area contributed by atoms with Crippen LogP contribution in [0.15, 0.2) is 18.2 Å². The van der Waals surface area contributed by atoms with Crippen molar-refractivity contribution >= 4 is 15.5 Å². The molecule has 1 heterocycles. The van der Waals surface area contributed by atoms with E-state index in [1.165, 1.54) is 12.1 Å². The standard InChI is InChI=1S/C11H15FN2O2S/c12-10-7-9(1-2-11(10)13)8-14-3-5-17(15,16)6-4-14/h1-2,7H,3-6,8,13H2. The van der Waals surface area contributed by atoms with E-state index >= 15 is 0 Å². The summed E-state index contributed by atoms with van der Waals surface area (Å²) in [6, 6.07) is 4.70. The molecule has 1 aliphatic rings. The van der Waals surface area contributed by atoms with E-state index in [9.17, 15) is 12.8 Å². The number of nitrogen functional groups attached to an aromatic ring is 1. The van der Waals surface area contributed by atoms with Gasteiger partial charge in [0.25, 0.3) is 0 Å². The van der Waals surface area contributed by atoms with E-state index < -0.39 is 15.7 Å². The Hall–Kier alpha value is -1.14. The Bertz CT molecular complexity index is 502. The molecular weight excluding hydrogens is 243 g/mol. The average Bonchev–Trinajstić information content (AvgIpc) is 2.27. The molecule has 2 rings (SSSR count). The van der Waals surface area contributed by atoms with Crippen LogP contribution in [-0.2, 0) is 16.4 Å². The van der Waals surface area contributed by atoms with Crippen LogP contribution in [0.2, 0.25) is 0 Å². The van der Waals surface area contributed by atoms with Crippen LogP contribution in [0.5, 0.6) is 0 Å². The lowest BCUT2D eigenvalue weighted by molar-refractivity contribution is 0.287. The van der Waals surface area contributed by atoms with Crippen LogP contribution >= 0.6 is 0 Å². The summed E-state index contributed by atoms with van der Waals surface area (Å²) in [4.78, 5) is 2.01. The molecule has 1 aliphatic heterocycles. The largest absolute Gasteiger partial charge is 0.396 e. The molecule has 1 aromatic carbocycles. The van der Waals surface area contributed by atoms with Crippen molar-refractivity contribution < 1.29 is 12.8 Å². The number of hydrogen-bond donors (Lipinski definition) is 1. The summed E-state index contributed by atoms with van der Waals surface area (Å²) in [5.41, 5.74) is 6.34. The van der Waals surface area contributed by atoms with Gasteiger partial charge in [0, 0.05) is 19.6 Å². The van der Waals surface area contributed by atoms with E-state index in [1.54, 1.807) is 6.07 Å². The molecule has 0 bridgehead atoms. The molecule has 0 spiro atoms. The monoisotopic (exact) mass is 258 g/mol. The zero-order valence-corrected chi connectivity index (χ0v) is 10.2. The summed E-state index contributed by atoms with van der Waals surface area (Å²) < 4.78 is 35.7. The first kappa shape index (κ1) is 12.3. The van der Waals surface area contributed by atoms with Gasteiger partial charge in [-0.1, -0.05) is 6.07 Å². The molecule has 2 N–H and O–H groups in total. The number of benzene rings is 1. The zero-order chi connectivity index (χ0) is 12.5. The Morgan fingerprint density at radius 2 is 1.94 bits per heavy atom. The second kappa shape index (κ2) is 4.62. The number of nitrogens with zero attached hydrogens (tertiary/aromatic N) is 1. The number of rotatable bonds is 2. The van der Waals surface area contributed by atoms with Crippen molar-refractivity contribution in [3.05, 3.63) is 29.6 Å². The number of hydrogen-bond acceptors (Lipinski definition) is 4. The maximum absolute atomic E-state index is 13.2. The van der Waals surface area contributed by atoms with Crippen LogP contribution in [0.3, 0.4) is 0 Å². The zero-order valence-electron chi connectivity index (χ0n) is 9.39. The van der Waals surface area contributed by atoms with Crippen LogP contribution < -0.4 is 5.73 Å². The maximum Gasteiger partial charge on any atom is 0.152 e. The minimum absolute atomic E-state index is 0.134. The Morgan fingerprint density at radius 1 is 1.29 bits per heavy atom. The van der Waals surface area contributed by atoms with E-state index in [4.69, 9.17) is 5.73 Å². The smallest absolute Gasteiger partial charge is 0.152 e. The predicted molar refractivity (Wildman–Crippen MR) is 64.7 cm³/mol. The van der Waals surface area contributed by atoms with Crippen molar-refractivity contribution in [2.45, 2.75) is 6.54 Å². The van der Waals surface area contributed by atoms with E-state index in [0.717, 1.165) is 5.56 Å². The third kappa shape index (κ3) is 3.17. The van der Waals surface area contributed by atoms with Crippen molar-refractivity contribution in [3.8, 4) is 0 Å². The molecule has 0 aliphatic carbocycles. The van der Waals surface area contributed by atoms with Crippen LogP contribution in [-0.4, -0.2) is 37.9 Å². The van der Waals surface area contributed by atoms with Crippen molar-refractivity contribution in [3.63, 3.8) is 0 Å². The summed E-state index contributed by atoms with van der Waals surface area (Å²) in [5, 5.41) is 0. The molecule has 6 heteroatoms. The minimum atomic E-state index is -2.86. The molecule has 0 aromatic heterocycles. The Balaban J connectivity index is 2.00. The lowest BCUT2D eigenvalue weighted by Crippen LogP contribution is -2.39. The molecule has 94 valence electrons. The molecule has 4 nitrogen and oxygen atoms in total. The average molecular weight is 258 g/mol. The first-order valence-electron chi connectivity index (χ1n) is 5.43. The first-order chi connectivity index (χ1) is 7.96. The quantitative estimate of drug-likeness (QED) is 0.791. The molecule has 0 unspecified atom stereocenters. The van der Waals surface area contributed by atoms with E-state index in [2.05, 4.69) is 0 Å². The Labute approximate surface area is 100 Å². The first-order valence-corrected chi connectivity index (χ1v) is 7.25. The fourth-order valence-electron chi connectivity index (χ4n) is 1.84. The summed E-state index contributed by atoms with van der Waals surface area (Å²) in [5.74, 6) is -0.0540. The summed E-state index contributed by atoms with van der Waals surface area (Å²) in [6.07, 6.45) is 0. The summed E-state index contributed by atoms with van der Waals surface area (Å²) in [7, 11) is -2.86. The fourth-order valence-corrected chi connectivity index (χ4v) is 3.11. The molecule has 0 radical (unpaired) electrons. The van der Waals surface area contributed by atoms with Gasteiger partial charge in [-0.15, -0.1) is 0 Å². The highest BCUT2D eigenvalue weighted by atomic mass is 32.2. The van der Waals surface area contributed by atoms with Crippen LogP contribution in [0.1, 0.15) is 5.56 Å². The predicted octanol–water partition coefficient (Wildman–Crippen LogP) is 0.638. The fraction of sp³-hybridized carbons (Fsp3) is 0.455. The number of halogens is 1. The minimum Gasteiger partial charge on any atom is -0.396 e. The molecule has 17 heavy (non-hydrogen) atoms. The van der Waals surface area contributed by atoms with Crippen molar-refractivity contribution in [2.75, 3.05) is 30.3 Å². The third-order valence-corrected chi connectivity index (χ3v) is 4.52. The second-order valence-electron chi connectivity index (χ2n) is 4.28. The SMILES string of the molecule is Nc1ccc(CN2CCS(=O)(=O)CC2)cc1F. The van der Waals surface area contributed by atoms with Crippen LogP contribution in [0.4, 0.5) is 10.1 Å². The van der Waals surface area contributed by atoms with E-state index in [0.29, 0.717) is 19.6 Å². The van der Waals surface area contributed by atoms with Gasteiger partial charge in [-0.05, 0) is 17.7 Å². The lowest BCUT2D eigenvalue weighted by atomic mass is 10.2. The van der Waals surface area contributed by atoms with Gasteiger partial charge in [0.05, 0.1) is 17.2 Å². The van der Waals surface area contributed by atoms with Gasteiger partial charge in [-0.2, -0.15) is 0 Å². The third-order valence-electron chi connectivity index (χ3n) is 2.91. The Kier molecular flexibility index (Phi) is 3.35. The van der Waals surface area contributed by atoms with Gasteiger partial charge in [-0.25, -0.2) is 12.8 Å². The van der Waals surface area contributed by atoms with E-state index in [1.807, 2.05) is 4.90 Å². The van der Waals surface area contributed by atoms with Crippen LogP contribution in [0.25, 0.3) is 0 Å². The van der Waals surface area contributed by atoms with E-state index in [-0.39, 0.29) is 17.2 Å². The molecule has 0 atom stereocenters. The highest BCUT2D eigenvalue weighted by molar-refractivity contribution is 7.91. The molecule has 1 fully saturated rings. The van der Waals surface area contributed by atoms with Gasteiger partial charge in [0.15, 0.2) is 9.84 Å². The van der Waals surface area contributed by atoms with Gasteiger partial charge in [-0.3, -0.25) is 4.90 Å². The van der Waals surface area contributed by atoms with Crippen molar-refractivity contribution in [1.82, 2.24) is 4.90 Å². The van der Waals surface area contributed by atoms with Gasteiger partial charge < -0.3 is 5.73 Å². The van der Waals surface area contributed by atoms with Crippen molar-refractivity contribution in [1.29, 1.82) is 0 Å². The molecule has 0 saturated carbocycles. The highest BCUT2D eigenvalue weighted by Gasteiger charge is 2.21. The molecule has 1 aromatic rings. The number of sulfone groups is 1. The summed E-state index contributed by atoms with van der Waals surface area (Å²) in [6.45, 7) is 1.58. The lowest BCUT2D eigenvalue weighted by Gasteiger charge is -2.26. The maximum atomic E-state index is 13.2. The van der Waals surface area contributed by atoms with Gasteiger partial charge in [0.1, 0.15) is 5.82 Å². The Morgan fingerprint density at radius 3 is 2.53 bits per heavy atom. The van der Waals surface area contributed by atoms with Crippen molar-refractivity contribution in [2.24, 2.45) is 0 Å². The van der Waals surface area contributed by atoms with Gasteiger partial charge >= 0.3 is 0 Å².